The fourth-order valence-corrected chi connectivity index (χ4v) is 1.38. The molecule has 0 aromatic rings. The quantitative estimate of drug-likeness (QED) is 0.375. The molecule has 0 fully saturated rings. The molecule has 0 aliphatic carbocycles. The minimum absolute atomic E-state index is 2.00. The largest absolute Gasteiger partial charge is 0.0877 e. The van der Waals surface area contributed by atoms with E-state index >= 15 is 0 Å². The van der Waals surface area contributed by atoms with Crippen LogP contribution in [-0.4, -0.2) is 0 Å². The molecule has 0 spiro atoms. The maximum Gasteiger partial charge on any atom is -0.0467 e. The van der Waals surface area contributed by atoms with Gasteiger partial charge in [-0.25, -0.2) is 0 Å². The van der Waals surface area contributed by atoms with Gasteiger partial charge in [0.1, 0.15) is 0 Å². The number of allylic oxidation sites excluding steroid dienone is 22. The average Bonchev–Trinajstić information content (AvgIpc) is 2.60. The van der Waals surface area contributed by atoms with E-state index in [2.05, 4.69) is 0 Å². The molecular weight excluding hydrogens is 288 g/mol. The molecule has 0 aliphatic heterocycles. The van der Waals surface area contributed by atoms with Gasteiger partial charge in [-0.15, -0.1) is 0 Å². The van der Waals surface area contributed by atoms with Crippen molar-refractivity contribution in [2.45, 2.75) is 13.8 Å². The molecular formula is C24H28. The lowest BCUT2D eigenvalue weighted by Crippen LogP contribution is -1.54. The molecule has 0 bridgehead atoms. The van der Waals surface area contributed by atoms with E-state index in [9.17, 15) is 0 Å². The van der Waals surface area contributed by atoms with E-state index in [-0.39, 0.29) is 0 Å². The van der Waals surface area contributed by atoms with E-state index in [1.807, 2.05) is 148 Å². The topological polar surface area (TPSA) is 0 Å². The first kappa shape index (κ1) is 21.1. The summed E-state index contributed by atoms with van der Waals surface area (Å²) >= 11 is 0. The van der Waals surface area contributed by atoms with E-state index in [4.69, 9.17) is 0 Å². The van der Waals surface area contributed by atoms with Crippen LogP contribution >= 0.6 is 0 Å². The summed E-state index contributed by atoms with van der Waals surface area (Å²) in [7, 11) is 0. The van der Waals surface area contributed by atoms with Crippen LogP contribution in [0.4, 0.5) is 0 Å². The molecule has 0 aromatic carbocycles. The fraction of sp³-hybridized carbons (Fsp3) is 0.0833. The molecule has 0 N–H and O–H groups in total. The predicted octanol–water partition coefficient (Wildman–Crippen LogP) is 7.14. The lowest BCUT2D eigenvalue weighted by Gasteiger charge is -1.76. The zero-order valence-electron chi connectivity index (χ0n) is 14.7. The zero-order valence-corrected chi connectivity index (χ0v) is 14.7. The van der Waals surface area contributed by atoms with E-state index in [1.165, 1.54) is 0 Å². The third kappa shape index (κ3) is 19.1. The Morgan fingerprint density at radius 1 is 0.208 bits per heavy atom. The van der Waals surface area contributed by atoms with Crippen LogP contribution < -0.4 is 0 Å². The normalized spacial score (nSPS) is 14.9. The van der Waals surface area contributed by atoms with E-state index in [0.29, 0.717) is 0 Å². The summed E-state index contributed by atoms with van der Waals surface area (Å²) in [5, 5.41) is 0. The van der Waals surface area contributed by atoms with Gasteiger partial charge in [-0.2, -0.15) is 0 Å². The van der Waals surface area contributed by atoms with Crippen LogP contribution in [0.25, 0.3) is 0 Å². The molecule has 0 unspecified atom stereocenters. The Labute approximate surface area is 148 Å². The lowest BCUT2D eigenvalue weighted by molar-refractivity contribution is 1.73. The second kappa shape index (κ2) is 20.1. The second-order valence-electron chi connectivity index (χ2n) is 4.52. The van der Waals surface area contributed by atoms with E-state index in [1.54, 1.807) is 0 Å². The highest BCUT2D eigenvalue weighted by atomic mass is 13.7. The monoisotopic (exact) mass is 316 g/mol. The van der Waals surface area contributed by atoms with E-state index < -0.39 is 0 Å². The van der Waals surface area contributed by atoms with Crippen molar-refractivity contribution in [1.82, 2.24) is 0 Å². The fourth-order valence-electron chi connectivity index (χ4n) is 1.38. The number of hydrogen-bond acceptors (Lipinski definition) is 0. The van der Waals surface area contributed by atoms with Gasteiger partial charge in [0.2, 0.25) is 0 Å². The molecule has 0 heterocycles. The number of hydrogen-bond donors (Lipinski definition) is 0. The standard InChI is InChI=1S/C24H28/c1-3-5-7-9-11-13-15-17-19-21-23-24-22-20-18-16-14-12-10-8-6-4-2/h3-24H,1-2H3/b5-3+,6-4+,9-7+,10-8+,13-11+,14-12+,17-15+,18-16+,21-19+,22-20+,24-23+. The van der Waals surface area contributed by atoms with Gasteiger partial charge in [0, 0.05) is 0 Å². The van der Waals surface area contributed by atoms with Gasteiger partial charge < -0.3 is 0 Å². The summed E-state index contributed by atoms with van der Waals surface area (Å²) in [6.45, 7) is 4.00. The molecule has 0 atom stereocenters. The van der Waals surface area contributed by atoms with Crippen molar-refractivity contribution >= 4 is 0 Å². The highest BCUT2D eigenvalue weighted by molar-refractivity contribution is 5.22. The maximum absolute atomic E-state index is 2.00. The summed E-state index contributed by atoms with van der Waals surface area (Å²) in [5.41, 5.74) is 0. The van der Waals surface area contributed by atoms with Crippen molar-refractivity contribution < 1.29 is 0 Å². The molecule has 24 heavy (non-hydrogen) atoms. The van der Waals surface area contributed by atoms with Crippen LogP contribution in [0, 0.1) is 0 Å². The Morgan fingerprint density at radius 3 is 0.458 bits per heavy atom. The Bertz CT molecular complexity index is 538. The summed E-state index contributed by atoms with van der Waals surface area (Å²) < 4.78 is 0. The summed E-state index contributed by atoms with van der Waals surface area (Å²) in [5.74, 6) is 0. The minimum Gasteiger partial charge on any atom is -0.0877 e. The zero-order chi connectivity index (χ0) is 17.6. The molecule has 0 radical (unpaired) electrons. The summed E-state index contributed by atoms with van der Waals surface area (Å²) in [6, 6.07) is 0. The van der Waals surface area contributed by atoms with Crippen LogP contribution in [0.5, 0.6) is 0 Å². The molecule has 0 nitrogen and oxygen atoms in total. The first-order valence-electron chi connectivity index (χ1n) is 8.15. The Morgan fingerprint density at radius 2 is 0.333 bits per heavy atom. The smallest absolute Gasteiger partial charge is 0.0467 e. The first-order chi connectivity index (χ1) is 11.9. The van der Waals surface area contributed by atoms with Gasteiger partial charge in [-0.05, 0) is 13.8 Å². The Hall–Kier alpha value is -2.86. The molecule has 0 rings (SSSR count). The first-order valence-corrected chi connectivity index (χ1v) is 8.15. The van der Waals surface area contributed by atoms with Crippen molar-refractivity contribution in [2.75, 3.05) is 0 Å². The van der Waals surface area contributed by atoms with Gasteiger partial charge in [-0.3, -0.25) is 0 Å². The second-order valence-corrected chi connectivity index (χ2v) is 4.52. The summed E-state index contributed by atoms with van der Waals surface area (Å²) in [4.78, 5) is 0. The van der Waals surface area contributed by atoms with Gasteiger partial charge in [0.25, 0.3) is 0 Å². The maximum atomic E-state index is 2.00. The van der Waals surface area contributed by atoms with Crippen molar-refractivity contribution in [1.29, 1.82) is 0 Å². The van der Waals surface area contributed by atoms with Crippen LogP contribution in [0.2, 0.25) is 0 Å². The SMILES string of the molecule is C/C=C/C=C/C=C/C=C/C=C/C=C/C=C/C=C/C=C/C=C/C=C/C. The number of rotatable bonds is 10. The molecule has 0 aromatic heterocycles. The average molecular weight is 316 g/mol. The van der Waals surface area contributed by atoms with Crippen molar-refractivity contribution in [3.63, 3.8) is 0 Å². The van der Waals surface area contributed by atoms with Crippen molar-refractivity contribution in [3.8, 4) is 0 Å². The van der Waals surface area contributed by atoms with Crippen LogP contribution in [0.1, 0.15) is 13.8 Å². The van der Waals surface area contributed by atoms with E-state index in [0.717, 1.165) is 0 Å². The Kier molecular flexibility index (Phi) is 17.7. The van der Waals surface area contributed by atoms with Crippen LogP contribution in [0.15, 0.2) is 134 Å². The molecule has 0 saturated carbocycles. The Balaban J connectivity index is 3.90. The van der Waals surface area contributed by atoms with Crippen LogP contribution in [0.3, 0.4) is 0 Å². The van der Waals surface area contributed by atoms with Crippen molar-refractivity contribution in [2.24, 2.45) is 0 Å². The van der Waals surface area contributed by atoms with Gasteiger partial charge in [0.05, 0.1) is 0 Å². The summed E-state index contributed by atoms with van der Waals surface area (Å²) in [6.07, 6.45) is 44.0. The van der Waals surface area contributed by atoms with Gasteiger partial charge in [0.15, 0.2) is 0 Å². The molecule has 124 valence electrons. The highest BCUT2D eigenvalue weighted by Gasteiger charge is 1.65. The van der Waals surface area contributed by atoms with Gasteiger partial charge in [-0.1, -0.05) is 134 Å². The third-order valence-corrected chi connectivity index (χ3v) is 2.50. The van der Waals surface area contributed by atoms with Crippen LogP contribution in [-0.2, 0) is 0 Å². The predicted molar refractivity (Wildman–Crippen MR) is 112 cm³/mol. The molecule has 0 heteroatoms. The highest BCUT2D eigenvalue weighted by Crippen LogP contribution is 1.87. The lowest BCUT2D eigenvalue weighted by atomic mass is 10.3. The van der Waals surface area contributed by atoms with Gasteiger partial charge >= 0.3 is 0 Å². The molecule has 0 aliphatic rings. The third-order valence-electron chi connectivity index (χ3n) is 2.50. The minimum atomic E-state index is 2.00. The molecule has 0 saturated heterocycles. The van der Waals surface area contributed by atoms with Crippen molar-refractivity contribution in [3.05, 3.63) is 134 Å². The molecule has 0 amide bonds.